The van der Waals surface area contributed by atoms with Gasteiger partial charge in [-0.25, -0.2) is 0 Å². The molecular weight excluding hydrogens is 312 g/mol. The number of carbonyl (C=O) groups excluding carboxylic acids is 1. The number of fused-ring (bicyclic) bond motifs is 1. The van der Waals surface area contributed by atoms with Gasteiger partial charge in [-0.2, -0.15) is 5.26 Å². The molecule has 0 bridgehead atoms. The molecule has 25 heavy (non-hydrogen) atoms. The van der Waals surface area contributed by atoms with Crippen molar-refractivity contribution < 1.29 is 9.53 Å². The van der Waals surface area contributed by atoms with Crippen molar-refractivity contribution in [2.75, 3.05) is 0 Å². The van der Waals surface area contributed by atoms with Crippen LogP contribution in [0.5, 0.6) is 0 Å². The van der Waals surface area contributed by atoms with E-state index in [1.165, 1.54) is 0 Å². The van der Waals surface area contributed by atoms with E-state index in [9.17, 15) is 10.1 Å². The maximum atomic E-state index is 12.8. The lowest BCUT2D eigenvalue weighted by Gasteiger charge is -2.33. The first kappa shape index (κ1) is 15.5. The van der Waals surface area contributed by atoms with Crippen LogP contribution in [0.3, 0.4) is 0 Å². The Kier molecular flexibility index (Phi) is 3.58. The smallest absolute Gasteiger partial charge is 0.205 e. The van der Waals surface area contributed by atoms with Gasteiger partial charge < -0.3 is 10.5 Å². The molecule has 0 amide bonds. The molecule has 2 aromatic rings. The van der Waals surface area contributed by atoms with Gasteiger partial charge in [0.15, 0.2) is 5.78 Å². The zero-order chi connectivity index (χ0) is 17.6. The second-order valence-corrected chi connectivity index (χ2v) is 6.77. The van der Waals surface area contributed by atoms with Crippen LogP contribution in [-0.2, 0) is 9.53 Å². The molecule has 0 fully saturated rings. The van der Waals surface area contributed by atoms with E-state index in [-0.39, 0.29) is 17.6 Å². The van der Waals surface area contributed by atoms with Crippen molar-refractivity contribution in [3.63, 3.8) is 0 Å². The minimum atomic E-state index is -0.458. The molecule has 1 heterocycles. The summed E-state index contributed by atoms with van der Waals surface area (Å²) in [5.74, 6) is 0.543. The summed E-state index contributed by atoms with van der Waals surface area (Å²) in [6, 6.07) is 16.1. The molecule has 1 aliphatic heterocycles. The molecule has 0 saturated carbocycles. The van der Waals surface area contributed by atoms with E-state index in [1.807, 2.05) is 49.4 Å². The quantitative estimate of drug-likeness (QED) is 0.860. The van der Waals surface area contributed by atoms with E-state index >= 15 is 0 Å². The molecule has 1 aliphatic carbocycles. The van der Waals surface area contributed by atoms with Crippen molar-refractivity contribution in [2.45, 2.75) is 25.7 Å². The lowest BCUT2D eigenvalue weighted by molar-refractivity contribution is -0.117. The van der Waals surface area contributed by atoms with E-state index in [2.05, 4.69) is 6.07 Å². The number of nitrogens with two attached hydrogens (primary N) is 1. The Balaban J connectivity index is 2.00. The molecule has 2 aromatic carbocycles. The molecule has 2 N–H and O–H groups in total. The second kappa shape index (κ2) is 5.78. The molecular formula is C21H18N2O2. The van der Waals surface area contributed by atoms with Crippen molar-refractivity contribution in [1.82, 2.24) is 0 Å². The summed E-state index contributed by atoms with van der Waals surface area (Å²) >= 11 is 0. The Morgan fingerprint density at radius 1 is 1.16 bits per heavy atom. The number of hydrogen-bond donors (Lipinski definition) is 1. The second-order valence-electron chi connectivity index (χ2n) is 6.77. The molecule has 2 aliphatic rings. The minimum absolute atomic E-state index is 0.0481. The first-order chi connectivity index (χ1) is 12.1. The van der Waals surface area contributed by atoms with Gasteiger partial charge in [0.05, 0.1) is 5.92 Å². The van der Waals surface area contributed by atoms with E-state index < -0.39 is 5.92 Å². The Labute approximate surface area is 146 Å². The summed E-state index contributed by atoms with van der Waals surface area (Å²) in [7, 11) is 0. The summed E-state index contributed by atoms with van der Waals surface area (Å²) in [6.07, 6.45) is 1.14. The SMILES string of the molecule is C[C@H]1CC(=O)C2=C(C1)OC(N)=C(C#N)[C@H]2c1cccc2ccccc12. The number of nitrogens with zero attached hydrogens (tertiary/aromatic N) is 1. The van der Waals surface area contributed by atoms with Crippen molar-refractivity contribution >= 4 is 16.6 Å². The predicted octanol–water partition coefficient (Wildman–Crippen LogP) is 3.90. The predicted molar refractivity (Wildman–Crippen MR) is 95.0 cm³/mol. The molecule has 2 atom stereocenters. The number of Topliss-reactive ketones (excluding diaryl/α,β-unsaturated/α-hetero) is 1. The number of carbonyl (C=O) groups is 1. The molecule has 0 saturated heterocycles. The Bertz CT molecular complexity index is 989. The van der Waals surface area contributed by atoms with Gasteiger partial charge in [-0.15, -0.1) is 0 Å². The van der Waals surface area contributed by atoms with Crippen molar-refractivity contribution in [1.29, 1.82) is 5.26 Å². The maximum Gasteiger partial charge on any atom is 0.205 e. The molecule has 4 nitrogen and oxygen atoms in total. The fourth-order valence-corrected chi connectivity index (χ4v) is 3.91. The molecule has 4 rings (SSSR count). The van der Waals surface area contributed by atoms with Gasteiger partial charge in [0.1, 0.15) is 17.4 Å². The fourth-order valence-electron chi connectivity index (χ4n) is 3.91. The molecule has 0 aromatic heterocycles. The zero-order valence-electron chi connectivity index (χ0n) is 14.0. The van der Waals surface area contributed by atoms with E-state index in [4.69, 9.17) is 10.5 Å². The molecule has 0 unspecified atom stereocenters. The number of nitriles is 1. The van der Waals surface area contributed by atoms with Gasteiger partial charge in [-0.3, -0.25) is 4.79 Å². The number of allylic oxidation sites excluding steroid dienone is 3. The molecule has 124 valence electrons. The Morgan fingerprint density at radius 2 is 1.92 bits per heavy atom. The minimum Gasteiger partial charge on any atom is -0.444 e. The summed E-state index contributed by atoms with van der Waals surface area (Å²) in [5.41, 5.74) is 7.89. The van der Waals surface area contributed by atoms with Crippen LogP contribution in [0.15, 0.2) is 65.3 Å². The third-order valence-electron chi connectivity index (χ3n) is 5.00. The summed E-state index contributed by atoms with van der Waals surface area (Å²) in [6.45, 7) is 2.03. The molecule has 0 spiro atoms. The first-order valence-corrected chi connectivity index (χ1v) is 8.41. The van der Waals surface area contributed by atoms with Gasteiger partial charge >= 0.3 is 0 Å². The molecule has 4 heteroatoms. The topological polar surface area (TPSA) is 76.1 Å². The van der Waals surface area contributed by atoms with Gasteiger partial charge in [0.2, 0.25) is 5.88 Å². The average molecular weight is 330 g/mol. The monoisotopic (exact) mass is 330 g/mol. The van der Waals surface area contributed by atoms with Crippen LogP contribution < -0.4 is 5.73 Å². The van der Waals surface area contributed by atoms with Gasteiger partial charge in [0.25, 0.3) is 0 Å². The van der Waals surface area contributed by atoms with Crippen molar-refractivity contribution in [3.8, 4) is 6.07 Å². The van der Waals surface area contributed by atoms with Crippen LogP contribution in [0, 0.1) is 17.2 Å². The number of hydrogen-bond acceptors (Lipinski definition) is 4. The highest BCUT2D eigenvalue weighted by Gasteiger charge is 2.40. The number of rotatable bonds is 1. The maximum absolute atomic E-state index is 12.8. The van der Waals surface area contributed by atoms with Gasteiger partial charge in [0, 0.05) is 18.4 Å². The van der Waals surface area contributed by atoms with Gasteiger partial charge in [-0.1, -0.05) is 49.4 Å². The highest BCUT2D eigenvalue weighted by molar-refractivity contribution is 6.01. The average Bonchev–Trinajstić information content (AvgIpc) is 2.60. The summed E-state index contributed by atoms with van der Waals surface area (Å²) < 4.78 is 5.69. The summed E-state index contributed by atoms with van der Waals surface area (Å²) in [4.78, 5) is 12.8. The standard InChI is InChI=1S/C21H18N2O2/c1-12-9-17(24)20-18(10-12)25-21(23)16(11-22)19(20)15-8-4-6-13-5-2-3-7-14(13)15/h2-8,12,19H,9-10,23H2,1H3/t12-,19+/m0/s1. The van der Waals surface area contributed by atoms with Crippen LogP contribution >= 0.6 is 0 Å². The largest absolute Gasteiger partial charge is 0.444 e. The first-order valence-electron chi connectivity index (χ1n) is 8.41. The van der Waals surface area contributed by atoms with Crippen molar-refractivity contribution in [2.24, 2.45) is 11.7 Å². The van der Waals surface area contributed by atoms with Gasteiger partial charge in [-0.05, 0) is 22.3 Å². The lowest BCUT2D eigenvalue weighted by Crippen LogP contribution is -2.29. The van der Waals surface area contributed by atoms with E-state index in [0.29, 0.717) is 29.7 Å². The number of ketones is 1. The normalized spacial score (nSPS) is 23.3. The van der Waals surface area contributed by atoms with E-state index in [1.54, 1.807) is 0 Å². The third-order valence-corrected chi connectivity index (χ3v) is 5.00. The zero-order valence-corrected chi connectivity index (χ0v) is 14.0. The van der Waals surface area contributed by atoms with Crippen LogP contribution in [0.1, 0.15) is 31.2 Å². The lowest BCUT2D eigenvalue weighted by atomic mass is 9.74. The van der Waals surface area contributed by atoms with Crippen LogP contribution in [0.4, 0.5) is 0 Å². The highest BCUT2D eigenvalue weighted by atomic mass is 16.5. The fraction of sp³-hybridized carbons (Fsp3) is 0.238. The van der Waals surface area contributed by atoms with Crippen LogP contribution in [0.2, 0.25) is 0 Å². The number of ether oxygens (including phenoxy) is 1. The Morgan fingerprint density at radius 3 is 2.72 bits per heavy atom. The van der Waals surface area contributed by atoms with E-state index in [0.717, 1.165) is 16.3 Å². The Hall–Kier alpha value is -3.06. The van der Waals surface area contributed by atoms with Crippen LogP contribution in [0.25, 0.3) is 10.8 Å². The van der Waals surface area contributed by atoms with Crippen molar-refractivity contribution in [3.05, 3.63) is 70.8 Å². The highest BCUT2D eigenvalue weighted by Crippen LogP contribution is 2.45. The molecule has 0 radical (unpaired) electrons. The third kappa shape index (κ3) is 2.40. The summed E-state index contributed by atoms with van der Waals surface area (Å²) in [5, 5.41) is 11.8. The van der Waals surface area contributed by atoms with Crippen LogP contribution in [-0.4, -0.2) is 5.78 Å². The number of benzene rings is 2.